The summed E-state index contributed by atoms with van der Waals surface area (Å²) in [6.45, 7) is 8.06. The van der Waals surface area contributed by atoms with Crippen LogP contribution in [0.5, 0.6) is 0 Å². The fraction of sp³-hybridized carbons (Fsp3) is 0.625. The Morgan fingerprint density at radius 1 is 1.37 bits per heavy atom. The molecule has 2 rings (SSSR count). The quantitative estimate of drug-likeness (QED) is 0.741. The van der Waals surface area contributed by atoms with Gasteiger partial charge in [-0.15, -0.1) is 0 Å². The van der Waals surface area contributed by atoms with E-state index in [-0.39, 0.29) is 0 Å². The Kier molecular flexibility index (Phi) is 5.67. The molecule has 0 atom stereocenters. The molecular formula is C16H26N2O. The molecule has 1 aromatic rings. The lowest BCUT2D eigenvalue weighted by Gasteiger charge is -2.21. The molecular weight excluding hydrogens is 236 g/mol. The molecule has 0 saturated carbocycles. The highest BCUT2D eigenvalue weighted by Crippen LogP contribution is 2.25. The average Bonchev–Trinajstić information content (AvgIpc) is 2.42. The van der Waals surface area contributed by atoms with E-state index in [4.69, 9.17) is 4.74 Å². The standard InChI is InChI=1S/C16H26N2O/c1-13(2)19-11-5-9-17-12-15-7-3-6-14-8-4-10-18-16(14)15/h3,6-7,13,17-18H,4-5,8-12H2,1-2H3. The molecule has 2 N–H and O–H groups in total. The van der Waals surface area contributed by atoms with Gasteiger partial charge in [-0.1, -0.05) is 18.2 Å². The van der Waals surface area contributed by atoms with Gasteiger partial charge in [0.05, 0.1) is 6.10 Å². The SMILES string of the molecule is CC(C)OCCCNCc1cccc2c1NCCC2. The topological polar surface area (TPSA) is 33.3 Å². The molecule has 0 unspecified atom stereocenters. The summed E-state index contributed by atoms with van der Waals surface area (Å²) in [6.07, 6.45) is 3.86. The van der Waals surface area contributed by atoms with Gasteiger partial charge in [0, 0.05) is 25.4 Å². The summed E-state index contributed by atoms with van der Waals surface area (Å²) < 4.78 is 5.53. The van der Waals surface area contributed by atoms with E-state index in [0.717, 1.165) is 32.7 Å². The zero-order valence-electron chi connectivity index (χ0n) is 12.2. The number of benzene rings is 1. The van der Waals surface area contributed by atoms with Crippen molar-refractivity contribution in [2.45, 2.75) is 45.8 Å². The van der Waals surface area contributed by atoms with Gasteiger partial charge >= 0.3 is 0 Å². The van der Waals surface area contributed by atoms with Crippen molar-refractivity contribution < 1.29 is 4.74 Å². The maximum absolute atomic E-state index is 5.53. The van der Waals surface area contributed by atoms with Gasteiger partial charge in [0.1, 0.15) is 0 Å². The van der Waals surface area contributed by atoms with Crippen LogP contribution in [0.1, 0.15) is 37.8 Å². The summed E-state index contributed by atoms with van der Waals surface area (Å²) in [5.74, 6) is 0. The first-order valence-corrected chi connectivity index (χ1v) is 7.44. The van der Waals surface area contributed by atoms with Crippen LogP contribution in [0.15, 0.2) is 18.2 Å². The number of fused-ring (bicyclic) bond motifs is 1. The van der Waals surface area contributed by atoms with Crippen LogP contribution in [0.2, 0.25) is 0 Å². The van der Waals surface area contributed by atoms with E-state index in [0.29, 0.717) is 6.10 Å². The Hall–Kier alpha value is -1.06. The lowest BCUT2D eigenvalue weighted by Crippen LogP contribution is -2.20. The minimum absolute atomic E-state index is 0.338. The van der Waals surface area contributed by atoms with Crippen LogP contribution in [0.25, 0.3) is 0 Å². The Balaban J connectivity index is 1.74. The molecule has 3 nitrogen and oxygen atoms in total. The Morgan fingerprint density at radius 2 is 2.26 bits per heavy atom. The second-order valence-corrected chi connectivity index (χ2v) is 5.43. The van der Waals surface area contributed by atoms with E-state index in [2.05, 4.69) is 42.7 Å². The Morgan fingerprint density at radius 3 is 3.11 bits per heavy atom. The van der Waals surface area contributed by atoms with Crippen LogP contribution in [0.4, 0.5) is 5.69 Å². The van der Waals surface area contributed by atoms with Gasteiger partial charge in [-0.2, -0.15) is 0 Å². The largest absolute Gasteiger partial charge is 0.385 e. The number of hydrogen-bond acceptors (Lipinski definition) is 3. The van der Waals surface area contributed by atoms with Gasteiger partial charge in [-0.3, -0.25) is 0 Å². The Bertz CT molecular complexity index is 390. The monoisotopic (exact) mass is 262 g/mol. The third kappa shape index (κ3) is 4.51. The second kappa shape index (κ2) is 7.51. The molecule has 1 aliphatic heterocycles. The van der Waals surface area contributed by atoms with E-state index < -0.39 is 0 Å². The minimum atomic E-state index is 0.338. The molecule has 0 saturated heterocycles. The third-order valence-electron chi connectivity index (χ3n) is 3.43. The van der Waals surface area contributed by atoms with Gasteiger partial charge in [-0.05, 0) is 50.8 Å². The lowest BCUT2D eigenvalue weighted by molar-refractivity contribution is 0.0770. The predicted octanol–water partition coefficient (Wildman–Crippen LogP) is 2.95. The van der Waals surface area contributed by atoms with Gasteiger partial charge < -0.3 is 15.4 Å². The fourth-order valence-corrected chi connectivity index (χ4v) is 2.47. The summed E-state index contributed by atoms with van der Waals surface area (Å²) in [4.78, 5) is 0. The number of ether oxygens (including phenoxy) is 1. The van der Waals surface area contributed by atoms with E-state index in [1.807, 2.05) is 0 Å². The van der Waals surface area contributed by atoms with E-state index >= 15 is 0 Å². The van der Waals surface area contributed by atoms with Crippen LogP contribution in [0, 0.1) is 0 Å². The first-order valence-electron chi connectivity index (χ1n) is 7.44. The zero-order valence-corrected chi connectivity index (χ0v) is 12.2. The van der Waals surface area contributed by atoms with Gasteiger partial charge in [0.2, 0.25) is 0 Å². The molecule has 0 aliphatic carbocycles. The molecule has 0 spiro atoms. The van der Waals surface area contributed by atoms with E-state index in [9.17, 15) is 0 Å². The first kappa shape index (κ1) is 14.4. The van der Waals surface area contributed by atoms with Crippen molar-refractivity contribution in [1.82, 2.24) is 5.32 Å². The fourth-order valence-electron chi connectivity index (χ4n) is 2.47. The maximum atomic E-state index is 5.53. The van der Waals surface area contributed by atoms with Crippen LogP contribution in [0.3, 0.4) is 0 Å². The summed E-state index contributed by atoms with van der Waals surface area (Å²) in [5, 5.41) is 7.04. The van der Waals surface area contributed by atoms with Crippen LogP contribution >= 0.6 is 0 Å². The summed E-state index contributed by atoms with van der Waals surface area (Å²) >= 11 is 0. The number of rotatable bonds is 7. The van der Waals surface area contributed by atoms with Crippen molar-refractivity contribution in [2.75, 3.05) is 25.0 Å². The molecule has 1 aliphatic rings. The molecule has 0 amide bonds. The highest BCUT2D eigenvalue weighted by atomic mass is 16.5. The minimum Gasteiger partial charge on any atom is -0.385 e. The molecule has 1 aromatic carbocycles. The molecule has 1 heterocycles. The van der Waals surface area contributed by atoms with Gasteiger partial charge in [0.15, 0.2) is 0 Å². The van der Waals surface area contributed by atoms with E-state index in [1.54, 1.807) is 0 Å². The van der Waals surface area contributed by atoms with Crippen molar-refractivity contribution in [1.29, 1.82) is 0 Å². The average molecular weight is 262 g/mol. The number of aryl methyl sites for hydroxylation is 1. The van der Waals surface area contributed by atoms with Crippen molar-refractivity contribution in [3.8, 4) is 0 Å². The number of para-hydroxylation sites is 1. The summed E-state index contributed by atoms with van der Waals surface area (Å²) in [6, 6.07) is 6.63. The summed E-state index contributed by atoms with van der Waals surface area (Å²) in [5.41, 5.74) is 4.22. The zero-order chi connectivity index (χ0) is 13.5. The van der Waals surface area contributed by atoms with Gasteiger partial charge in [0.25, 0.3) is 0 Å². The predicted molar refractivity (Wildman–Crippen MR) is 80.7 cm³/mol. The normalized spacial score (nSPS) is 14.3. The second-order valence-electron chi connectivity index (χ2n) is 5.43. The van der Waals surface area contributed by atoms with Crippen LogP contribution in [-0.4, -0.2) is 25.8 Å². The van der Waals surface area contributed by atoms with Crippen LogP contribution < -0.4 is 10.6 Å². The maximum Gasteiger partial charge on any atom is 0.0518 e. The van der Waals surface area contributed by atoms with E-state index in [1.165, 1.54) is 29.7 Å². The van der Waals surface area contributed by atoms with Crippen molar-refractivity contribution in [3.63, 3.8) is 0 Å². The third-order valence-corrected chi connectivity index (χ3v) is 3.43. The molecule has 0 aromatic heterocycles. The first-order chi connectivity index (χ1) is 9.27. The van der Waals surface area contributed by atoms with Crippen molar-refractivity contribution in [2.24, 2.45) is 0 Å². The number of nitrogens with one attached hydrogen (secondary N) is 2. The molecule has 106 valence electrons. The lowest BCUT2D eigenvalue weighted by atomic mass is 9.99. The van der Waals surface area contributed by atoms with Gasteiger partial charge in [-0.25, -0.2) is 0 Å². The molecule has 0 radical (unpaired) electrons. The molecule has 19 heavy (non-hydrogen) atoms. The number of anilines is 1. The highest BCUT2D eigenvalue weighted by Gasteiger charge is 2.11. The summed E-state index contributed by atoms with van der Waals surface area (Å²) in [7, 11) is 0. The smallest absolute Gasteiger partial charge is 0.0518 e. The van der Waals surface area contributed by atoms with Crippen molar-refractivity contribution in [3.05, 3.63) is 29.3 Å². The molecule has 3 heteroatoms. The Labute approximate surface area is 116 Å². The number of hydrogen-bond donors (Lipinski definition) is 2. The van der Waals surface area contributed by atoms with Crippen molar-refractivity contribution >= 4 is 5.69 Å². The molecule has 0 bridgehead atoms. The van der Waals surface area contributed by atoms with Crippen LogP contribution in [-0.2, 0) is 17.7 Å². The molecule has 0 fully saturated rings. The highest BCUT2D eigenvalue weighted by molar-refractivity contribution is 5.59.